The first kappa shape index (κ1) is 20.3. The van der Waals surface area contributed by atoms with Gasteiger partial charge in [0.2, 0.25) is 5.95 Å². The quantitative estimate of drug-likeness (QED) is 0.601. The number of amides is 1. The number of rotatable bonds is 8. The van der Waals surface area contributed by atoms with E-state index in [0.29, 0.717) is 18.2 Å². The molecule has 0 bridgehead atoms. The first-order valence-corrected chi connectivity index (χ1v) is 9.70. The molecule has 1 amide bonds. The van der Waals surface area contributed by atoms with Gasteiger partial charge in [-0.1, -0.05) is 31.2 Å². The molecule has 0 radical (unpaired) electrons. The smallest absolute Gasteiger partial charge is 0.274 e. The lowest BCUT2D eigenvalue weighted by Crippen LogP contribution is -2.17. The molecule has 2 N–H and O–H groups in total. The highest BCUT2D eigenvalue weighted by atomic mass is 16.5. The third kappa shape index (κ3) is 5.78. The van der Waals surface area contributed by atoms with Gasteiger partial charge in [-0.2, -0.15) is 0 Å². The van der Waals surface area contributed by atoms with E-state index >= 15 is 0 Å². The third-order valence-corrected chi connectivity index (χ3v) is 4.56. The average molecular weight is 390 g/mol. The standard InChI is InChI=1S/C23H26N4O2/c1-4-17-5-9-19(10-6-17)26-22(28)21-15-16(2)25-23(27-21)24-14-13-18-7-11-20(29-3)12-8-18/h5-12,15H,4,13-14H2,1-3H3,(H,26,28)(H,24,25,27). The Labute approximate surface area is 171 Å². The first-order chi connectivity index (χ1) is 14.1. The molecule has 0 unspecified atom stereocenters. The molecule has 2 aromatic carbocycles. The van der Waals surface area contributed by atoms with E-state index in [2.05, 4.69) is 27.5 Å². The Kier molecular flexibility index (Phi) is 6.79. The maximum absolute atomic E-state index is 12.6. The second-order valence-corrected chi connectivity index (χ2v) is 6.75. The lowest BCUT2D eigenvalue weighted by atomic mass is 10.1. The summed E-state index contributed by atoms with van der Waals surface area (Å²) < 4.78 is 5.17. The number of hydrogen-bond acceptors (Lipinski definition) is 5. The zero-order chi connectivity index (χ0) is 20.6. The van der Waals surface area contributed by atoms with E-state index in [1.807, 2.05) is 55.5 Å². The van der Waals surface area contributed by atoms with Crippen LogP contribution in [-0.4, -0.2) is 29.5 Å². The summed E-state index contributed by atoms with van der Waals surface area (Å²) >= 11 is 0. The van der Waals surface area contributed by atoms with Crippen LogP contribution in [0.2, 0.25) is 0 Å². The highest BCUT2D eigenvalue weighted by molar-refractivity contribution is 6.03. The molecule has 3 aromatic rings. The Bertz CT molecular complexity index is 954. The summed E-state index contributed by atoms with van der Waals surface area (Å²) in [4.78, 5) is 21.3. The van der Waals surface area contributed by atoms with Crippen molar-refractivity contribution >= 4 is 17.5 Å². The van der Waals surface area contributed by atoms with E-state index in [1.165, 1.54) is 11.1 Å². The number of hydrogen-bond donors (Lipinski definition) is 2. The summed E-state index contributed by atoms with van der Waals surface area (Å²) in [5.41, 5.74) is 4.23. The van der Waals surface area contributed by atoms with E-state index in [9.17, 15) is 4.79 Å². The number of nitrogens with zero attached hydrogens (tertiary/aromatic N) is 2. The molecule has 6 heteroatoms. The molecule has 0 spiro atoms. The molecule has 0 saturated heterocycles. The van der Waals surface area contributed by atoms with E-state index < -0.39 is 0 Å². The fourth-order valence-electron chi connectivity index (χ4n) is 2.89. The monoisotopic (exact) mass is 390 g/mol. The van der Waals surface area contributed by atoms with Gasteiger partial charge >= 0.3 is 0 Å². The van der Waals surface area contributed by atoms with Gasteiger partial charge in [-0.3, -0.25) is 4.79 Å². The van der Waals surface area contributed by atoms with Gasteiger partial charge in [0.05, 0.1) is 7.11 Å². The molecular formula is C23H26N4O2. The maximum Gasteiger partial charge on any atom is 0.274 e. The van der Waals surface area contributed by atoms with Gasteiger partial charge in [0.15, 0.2) is 0 Å². The van der Waals surface area contributed by atoms with Crippen LogP contribution in [0.25, 0.3) is 0 Å². The lowest BCUT2D eigenvalue weighted by Gasteiger charge is -2.09. The Morgan fingerprint density at radius 3 is 2.34 bits per heavy atom. The lowest BCUT2D eigenvalue weighted by molar-refractivity contribution is 0.102. The molecule has 0 atom stereocenters. The molecular weight excluding hydrogens is 364 g/mol. The zero-order valence-corrected chi connectivity index (χ0v) is 17.0. The van der Waals surface area contributed by atoms with Crippen LogP contribution in [0.1, 0.15) is 34.2 Å². The molecule has 29 heavy (non-hydrogen) atoms. The molecule has 0 aliphatic rings. The number of aromatic nitrogens is 2. The molecule has 1 aromatic heterocycles. The third-order valence-electron chi connectivity index (χ3n) is 4.56. The summed E-state index contributed by atoms with van der Waals surface area (Å²) in [5, 5.41) is 6.09. The van der Waals surface area contributed by atoms with Crippen molar-refractivity contribution in [2.45, 2.75) is 26.7 Å². The van der Waals surface area contributed by atoms with Crippen molar-refractivity contribution in [3.63, 3.8) is 0 Å². The van der Waals surface area contributed by atoms with Gasteiger partial charge in [-0.25, -0.2) is 9.97 Å². The van der Waals surface area contributed by atoms with Gasteiger partial charge in [-0.05, 0) is 61.2 Å². The van der Waals surface area contributed by atoms with Crippen molar-refractivity contribution < 1.29 is 9.53 Å². The fourth-order valence-corrected chi connectivity index (χ4v) is 2.89. The Morgan fingerprint density at radius 1 is 1.00 bits per heavy atom. The summed E-state index contributed by atoms with van der Waals surface area (Å²) in [6.45, 7) is 4.61. The molecule has 0 aliphatic heterocycles. The van der Waals surface area contributed by atoms with Crippen molar-refractivity contribution in [3.8, 4) is 5.75 Å². The van der Waals surface area contributed by atoms with Crippen LogP contribution < -0.4 is 15.4 Å². The molecule has 0 saturated carbocycles. The van der Waals surface area contributed by atoms with E-state index in [0.717, 1.165) is 30.0 Å². The second-order valence-electron chi connectivity index (χ2n) is 6.75. The Morgan fingerprint density at radius 2 is 1.69 bits per heavy atom. The van der Waals surface area contributed by atoms with E-state index in [-0.39, 0.29) is 5.91 Å². The van der Waals surface area contributed by atoms with Crippen LogP contribution in [-0.2, 0) is 12.8 Å². The molecule has 6 nitrogen and oxygen atoms in total. The maximum atomic E-state index is 12.6. The number of methoxy groups -OCH3 is 1. The number of nitrogens with one attached hydrogen (secondary N) is 2. The van der Waals surface area contributed by atoms with Crippen molar-refractivity contribution in [2.75, 3.05) is 24.3 Å². The summed E-state index contributed by atoms with van der Waals surface area (Å²) in [7, 11) is 1.65. The molecule has 3 rings (SSSR count). The van der Waals surface area contributed by atoms with Crippen LogP contribution in [0.5, 0.6) is 5.75 Å². The van der Waals surface area contributed by atoms with Crippen molar-refractivity contribution in [1.82, 2.24) is 9.97 Å². The normalized spacial score (nSPS) is 10.4. The number of ether oxygens (including phenoxy) is 1. The summed E-state index contributed by atoms with van der Waals surface area (Å²) in [5.74, 6) is 1.03. The first-order valence-electron chi connectivity index (χ1n) is 9.70. The van der Waals surface area contributed by atoms with Crippen LogP contribution in [0.4, 0.5) is 11.6 Å². The molecule has 0 aliphatic carbocycles. The number of benzene rings is 2. The number of carbonyl (C=O) groups is 1. The zero-order valence-electron chi connectivity index (χ0n) is 17.0. The highest BCUT2D eigenvalue weighted by Crippen LogP contribution is 2.14. The molecule has 150 valence electrons. The second kappa shape index (κ2) is 9.68. The van der Waals surface area contributed by atoms with Crippen LogP contribution >= 0.6 is 0 Å². The largest absolute Gasteiger partial charge is 0.497 e. The van der Waals surface area contributed by atoms with E-state index in [1.54, 1.807) is 13.2 Å². The summed E-state index contributed by atoms with van der Waals surface area (Å²) in [6.07, 6.45) is 1.78. The minimum atomic E-state index is -0.252. The Hall–Kier alpha value is -3.41. The van der Waals surface area contributed by atoms with Gasteiger partial charge in [0, 0.05) is 17.9 Å². The van der Waals surface area contributed by atoms with Gasteiger partial charge < -0.3 is 15.4 Å². The highest BCUT2D eigenvalue weighted by Gasteiger charge is 2.11. The number of aryl methyl sites for hydroxylation is 2. The van der Waals surface area contributed by atoms with Gasteiger partial charge in [0.1, 0.15) is 11.4 Å². The van der Waals surface area contributed by atoms with Gasteiger partial charge in [0.25, 0.3) is 5.91 Å². The minimum absolute atomic E-state index is 0.252. The van der Waals surface area contributed by atoms with Gasteiger partial charge in [-0.15, -0.1) is 0 Å². The molecule has 0 fully saturated rings. The number of anilines is 2. The molecule has 1 heterocycles. The number of carbonyl (C=O) groups excluding carboxylic acids is 1. The minimum Gasteiger partial charge on any atom is -0.497 e. The Balaban J connectivity index is 1.61. The fraction of sp³-hybridized carbons (Fsp3) is 0.261. The van der Waals surface area contributed by atoms with Crippen LogP contribution in [0.15, 0.2) is 54.6 Å². The van der Waals surface area contributed by atoms with Crippen LogP contribution in [0, 0.1) is 6.92 Å². The topological polar surface area (TPSA) is 76.1 Å². The predicted molar refractivity (Wildman–Crippen MR) is 116 cm³/mol. The summed E-state index contributed by atoms with van der Waals surface area (Å²) in [6, 6.07) is 17.4. The van der Waals surface area contributed by atoms with Crippen LogP contribution in [0.3, 0.4) is 0 Å². The SMILES string of the molecule is CCc1ccc(NC(=O)c2cc(C)nc(NCCc3ccc(OC)cc3)n2)cc1. The average Bonchev–Trinajstić information content (AvgIpc) is 2.74. The van der Waals surface area contributed by atoms with Crippen molar-refractivity contribution in [2.24, 2.45) is 0 Å². The van der Waals surface area contributed by atoms with E-state index in [4.69, 9.17) is 4.74 Å². The predicted octanol–water partition coefficient (Wildman–Crippen LogP) is 4.26. The van der Waals surface area contributed by atoms with Crippen molar-refractivity contribution in [3.05, 3.63) is 77.1 Å². The van der Waals surface area contributed by atoms with Crippen molar-refractivity contribution in [1.29, 1.82) is 0 Å².